The third-order valence-corrected chi connectivity index (χ3v) is 3.83. The molecule has 2 N–H and O–H groups in total. The van der Waals surface area contributed by atoms with Gasteiger partial charge in [0.05, 0.1) is 0 Å². The van der Waals surface area contributed by atoms with Crippen molar-refractivity contribution < 1.29 is 4.79 Å². The Labute approximate surface area is 141 Å². The minimum atomic E-state index is -0.243. The van der Waals surface area contributed by atoms with E-state index in [0.717, 1.165) is 34.4 Å². The first-order valence-electron chi connectivity index (χ1n) is 7.88. The zero-order valence-corrected chi connectivity index (χ0v) is 14.2. The maximum Gasteiger partial charge on any atom is 0.323 e. The average molecular weight is 322 g/mol. The van der Waals surface area contributed by atoms with Crippen LogP contribution in [-0.4, -0.2) is 29.6 Å². The molecule has 0 spiro atoms. The first-order chi connectivity index (χ1) is 11.5. The van der Waals surface area contributed by atoms with Crippen molar-refractivity contribution in [3.63, 3.8) is 0 Å². The van der Waals surface area contributed by atoms with Crippen LogP contribution in [0, 0.1) is 0 Å². The van der Waals surface area contributed by atoms with Crippen molar-refractivity contribution in [1.82, 2.24) is 9.47 Å². The molecule has 24 heavy (non-hydrogen) atoms. The normalized spacial score (nSPS) is 11.0. The summed E-state index contributed by atoms with van der Waals surface area (Å²) in [5.74, 6) is 0. The number of hydrogen-bond donors (Lipinski definition) is 2. The van der Waals surface area contributed by atoms with Crippen LogP contribution < -0.4 is 10.6 Å². The molecule has 0 aliphatic carbocycles. The van der Waals surface area contributed by atoms with Gasteiger partial charge >= 0.3 is 6.03 Å². The fraction of sp³-hybridized carbons (Fsp3) is 0.211. The molecule has 0 radical (unpaired) electrons. The van der Waals surface area contributed by atoms with Crippen LogP contribution in [0.15, 0.2) is 54.7 Å². The summed E-state index contributed by atoms with van der Waals surface area (Å²) in [7, 11) is 6.04. The molecule has 0 atom stereocenters. The molecular weight excluding hydrogens is 300 g/mol. The molecular formula is C19H22N4O. The van der Waals surface area contributed by atoms with Crippen LogP contribution in [0.1, 0.15) is 5.56 Å². The van der Waals surface area contributed by atoms with Gasteiger partial charge in [0.2, 0.25) is 0 Å². The second kappa shape index (κ2) is 6.76. The number of nitrogens with one attached hydrogen (secondary N) is 2. The Bertz CT molecular complexity index is 867. The minimum Gasteiger partial charge on any atom is -0.351 e. The second-order valence-corrected chi connectivity index (χ2v) is 6.22. The minimum absolute atomic E-state index is 0.243. The molecule has 0 saturated heterocycles. The predicted octanol–water partition coefficient (Wildman–Crippen LogP) is 3.88. The zero-order valence-electron chi connectivity index (χ0n) is 14.2. The van der Waals surface area contributed by atoms with Gasteiger partial charge in [0.25, 0.3) is 0 Å². The molecule has 3 aromatic rings. The molecule has 0 unspecified atom stereocenters. The van der Waals surface area contributed by atoms with Crippen LogP contribution in [0.2, 0.25) is 0 Å². The summed E-state index contributed by atoms with van der Waals surface area (Å²) < 4.78 is 2.05. The highest BCUT2D eigenvalue weighted by Crippen LogP contribution is 2.20. The van der Waals surface area contributed by atoms with Gasteiger partial charge in [-0.3, -0.25) is 0 Å². The zero-order chi connectivity index (χ0) is 17.1. The fourth-order valence-electron chi connectivity index (χ4n) is 2.77. The van der Waals surface area contributed by atoms with Crippen molar-refractivity contribution in [3.8, 4) is 0 Å². The van der Waals surface area contributed by atoms with Crippen molar-refractivity contribution in [2.45, 2.75) is 6.54 Å². The van der Waals surface area contributed by atoms with Crippen LogP contribution in [-0.2, 0) is 13.6 Å². The van der Waals surface area contributed by atoms with Crippen LogP contribution in [0.5, 0.6) is 0 Å². The van der Waals surface area contributed by atoms with Gasteiger partial charge in [-0.05, 0) is 56.1 Å². The van der Waals surface area contributed by atoms with Gasteiger partial charge in [-0.25, -0.2) is 4.79 Å². The molecule has 0 aliphatic heterocycles. The van der Waals surface area contributed by atoms with Crippen LogP contribution >= 0.6 is 0 Å². The third kappa shape index (κ3) is 3.75. The van der Waals surface area contributed by atoms with E-state index >= 15 is 0 Å². The number of benzene rings is 2. The lowest BCUT2D eigenvalue weighted by Gasteiger charge is -2.12. The average Bonchev–Trinajstić information content (AvgIpc) is 2.87. The van der Waals surface area contributed by atoms with Crippen molar-refractivity contribution in [2.24, 2.45) is 7.05 Å². The number of carbonyl (C=O) groups is 1. The van der Waals surface area contributed by atoms with E-state index in [2.05, 4.69) is 20.1 Å². The number of amides is 2. The Kier molecular flexibility index (Phi) is 4.53. The molecule has 5 heteroatoms. The molecule has 1 aromatic heterocycles. The maximum absolute atomic E-state index is 12.2. The highest BCUT2D eigenvalue weighted by Gasteiger charge is 2.05. The summed E-state index contributed by atoms with van der Waals surface area (Å²) in [6.45, 7) is 0.835. The van der Waals surface area contributed by atoms with Crippen LogP contribution in [0.3, 0.4) is 0 Å². The summed E-state index contributed by atoms with van der Waals surface area (Å²) in [4.78, 5) is 14.3. The number of aryl methyl sites for hydroxylation is 1. The van der Waals surface area contributed by atoms with Gasteiger partial charge in [0, 0.05) is 42.1 Å². The molecule has 2 amide bonds. The Morgan fingerprint density at radius 1 is 1.04 bits per heavy atom. The van der Waals surface area contributed by atoms with E-state index in [1.165, 1.54) is 0 Å². The summed E-state index contributed by atoms with van der Waals surface area (Å²) in [6, 6.07) is 15.5. The monoisotopic (exact) mass is 322 g/mol. The molecule has 2 aromatic carbocycles. The van der Waals surface area contributed by atoms with Crippen molar-refractivity contribution in [2.75, 3.05) is 24.7 Å². The Hall–Kier alpha value is -2.79. The lowest BCUT2D eigenvalue weighted by Crippen LogP contribution is -2.19. The molecule has 0 saturated carbocycles. The lowest BCUT2D eigenvalue weighted by atomic mass is 10.2. The second-order valence-electron chi connectivity index (χ2n) is 6.22. The number of carbonyl (C=O) groups excluding carboxylic acids is 1. The first kappa shape index (κ1) is 16.1. The number of fused-ring (bicyclic) bond motifs is 1. The molecule has 5 nitrogen and oxygen atoms in total. The van der Waals surface area contributed by atoms with Gasteiger partial charge < -0.3 is 20.1 Å². The van der Waals surface area contributed by atoms with Crippen molar-refractivity contribution in [3.05, 3.63) is 60.3 Å². The van der Waals surface area contributed by atoms with E-state index in [9.17, 15) is 4.79 Å². The number of rotatable bonds is 4. The lowest BCUT2D eigenvalue weighted by molar-refractivity contribution is 0.262. The summed E-state index contributed by atoms with van der Waals surface area (Å²) >= 11 is 0. The van der Waals surface area contributed by atoms with E-state index in [4.69, 9.17) is 0 Å². The quantitative estimate of drug-likeness (QED) is 0.766. The molecule has 0 fully saturated rings. The summed E-state index contributed by atoms with van der Waals surface area (Å²) in [5, 5.41) is 6.87. The molecule has 124 valence electrons. The van der Waals surface area contributed by atoms with Crippen molar-refractivity contribution >= 4 is 28.3 Å². The molecule has 1 heterocycles. The van der Waals surface area contributed by atoms with Gasteiger partial charge in [0.1, 0.15) is 0 Å². The van der Waals surface area contributed by atoms with E-state index in [1.807, 2.05) is 75.9 Å². The fourth-order valence-corrected chi connectivity index (χ4v) is 2.77. The van der Waals surface area contributed by atoms with Gasteiger partial charge in [-0.15, -0.1) is 0 Å². The largest absolute Gasteiger partial charge is 0.351 e. The van der Waals surface area contributed by atoms with E-state index in [-0.39, 0.29) is 6.03 Å². The van der Waals surface area contributed by atoms with Gasteiger partial charge in [-0.1, -0.05) is 12.1 Å². The number of hydrogen-bond acceptors (Lipinski definition) is 2. The SMILES string of the molecule is CN(C)Cc1cccc(NC(=O)Nc2ccc3c(ccn3C)c2)c1. The number of aromatic nitrogens is 1. The Morgan fingerprint density at radius 3 is 2.54 bits per heavy atom. The Morgan fingerprint density at radius 2 is 1.79 bits per heavy atom. The van der Waals surface area contributed by atoms with Gasteiger partial charge in [-0.2, -0.15) is 0 Å². The van der Waals surface area contributed by atoms with Gasteiger partial charge in [0.15, 0.2) is 0 Å². The van der Waals surface area contributed by atoms with Crippen LogP contribution in [0.25, 0.3) is 10.9 Å². The van der Waals surface area contributed by atoms with Crippen molar-refractivity contribution in [1.29, 1.82) is 0 Å². The van der Waals surface area contributed by atoms with Crippen LogP contribution in [0.4, 0.5) is 16.2 Å². The van der Waals surface area contributed by atoms with E-state index in [0.29, 0.717) is 0 Å². The van der Waals surface area contributed by atoms with E-state index in [1.54, 1.807) is 0 Å². The summed E-state index contributed by atoms with van der Waals surface area (Å²) in [6.07, 6.45) is 2.00. The smallest absolute Gasteiger partial charge is 0.323 e. The maximum atomic E-state index is 12.2. The molecule has 0 aliphatic rings. The molecule has 3 rings (SSSR count). The summed E-state index contributed by atoms with van der Waals surface area (Å²) in [5.41, 5.74) is 3.85. The highest BCUT2D eigenvalue weighted by molar-refractivity contribution is 6.01. The topological polar surface area (TPSA) is 49.3 Å². The first-order valence-corrected chi connectivity index (χ1v) is 7.88. The number of anilines is 2. The number of urea groups is 1. The predicted molar refractivity (Wildman–Crippen MR) is 99.4 cm³/mol. The Balaban J connectivity index is 1.68. The standard InChI is InChI=1S/C19H22N4O/c1-22(2)13-14-5-4-6-16(11-14)20-19(24)21-17-7-8-18-15(12-17)9-10-23(18)3/h4-12H,13H2,1-3H3,(H2,20,21,24). The third-order valence-electron chi connectivity index (χ3n) is 3.83. The molecule has 0 bridgehead atoms. The number of nitrogens with zero attached hydrogens (tertiary/aromatic N) is 2. The van der Waals surface area contributed by atoms with E-state index < -0.39 is 0 Å². The highest BCUT2D eigenvalue weighted by atomic mass is 16.2.